The fraction of sp³-hybridized carbons (Fsp3) is 0.500. The number of H-pyrrole nitrogens is 1. The Morgan fingerprint density at radius 2 is 2.55 bits per heavy atom. The van der Waals surface area contributed by atoms with Crippen LogP contribution in [0.1, 0.15) is 17.8 Å². The molecule has 0 spiro atoms. The minimum atomic E-state index is 0.809. The minimum absolute atomic E-state index is 0.809. The lowest BCUT2D eigenvalue weighted by Gasteiger charge is -2.10. The molecule has 0 unspecified atom stereocenters. The molecule has 0 amide bonds. The summed E-state index contributed by atoms with van der Waals surface area (Å²) in [6.07, 6.45) is 4.17. The quantitative estimate of drug-likeness (QED) is 0.542. The van der Waals surface area contributed by atoms with Gasteiger partial charge in [-0.2, -0.15) is 0 Å². The molecule has 0 atom stereocenters. The maximum Gasteiger partial charge on any atom is 0.334 e. The van der Waals surface area contributed by atoms with Crippen molar-refractivity contribution in [2.75, 3.05) is 6.61 Å². The van der Waals surface area contributed by atoms with Crippen molar-refractivity contribution in [3.8, 4) is 5.88 Å². The van der Waals surface area contributed by atoms with Crippen molar-refractivity contribution in [1.29, 1.82) is 0 Å². The molecule has 1 aliphatic rings. The Hall–Kier alpha value is -1.12. The van der Waals surface area contributed by atoms with Crippen LogP contribution in [0.3, 0.4) is 0 Å². The molecule has 1 aromatic heterocycles. The highest BCUT2D eigenvalue weighted by molar-refractivity contribution is 5.22. The van der Waals surface area contributed by atoms with Crippen LogP contribution in [0.5, 0.6) is 5.88 Å². The lowest BCUT2D eigenvalue weighted by molar-refractivity contribution is -0.394. The Labute approximate surface area is 65.4 Å². The van der Waals surface area contributed by atoms with Crippen LogP contribution in [0.25, 0.3) is 0 Å². The van der Waals surface area contributed by atoms with Gasteiger partial charge < -0.3 is 4.74 Å². The van der Waals surface area contributed by atoms with E-state index in [1.54, 1.807) is 0 Å². The number of nitrogens with zero attached hydrogens (tertiary/aromatic N) is 1. The Kier molecular flexibility index (Phi) is 1.49. The van der Waals surface area contributed by atoms with Crippen LogP contribution in [-0.4, -0.2) is 11.6 Å². The van der Waals surface area contributed by atoms with Crippen LogP contribution < -0.4 is 9.72 Å². The van der Waals surface area contributed by atoms with Gasteiger partial charge in [0, 0.05) is 6.92 Å². The van der Waals surface area contributed by atoms with Gasteiger partial charge in [0.2, 0.25) is 0 Å². The molecule has 0 radical (unpaired) electrons. The average Bonchev–Trinajstić information content (AvgIpc) is 2.04. The van der Waals surface area contributed by atoms with E-state index in [9.17, 15) is 0 Å². The molecule has 2 rings (SSSR count). The second-order valence-corrected chi connectivity index (χ2v) is 2.77. The zero-order chi connectivity index (χ0) is 7.68. The molecule has 1 aromatic rings. The van der Waals surface area contributed by atoms with E-state index in [4.69, 9.17) is 4.74 Å². The fourth-order valence-electron chi connectivity index (χ4n) is 1.25. The van der Waals surface area contributed by atoms with Gasteiger partial charge in [0.1, 0.15) is 0 Å². The van der Waals surface area contributed by atoms with Crippen molar-refractivity contribution in [2.24, 2.45) is 0 Å². The van der Waals surface area contributed by atoms with Gasteiger partial charge in [-0.1, -0.05) is 0 Å². The third-order valence-electron chi connectivity index (χ3n) is 1.83. The largest absolute Gasteiger partial charge is 0.459 e. The van der Waals surface area contributed by atoms with Crippen LogP contribution in [-0.2, 0) is 6.42 Å². The molecule has 1 aliphatic heterocycles. The molecule has 0 saturated heterocycles. The summed E-state index contributed by atoms with van der Waals surface area (Å²) in [6, 6.07) is 0. The molecule has 2 heterocycles. The Morgan fingerprint density at radius 3 is 3.45 bits per heavy atom. The van der Waals surface area contributed by atoms with Crippen molar-refractivity contribution in [3.05, 3.63) is 17.6 Å². The van der Waals surface area contributed by atoms with Crippen molar-refractivity contribution in [3.63, 3.8) is 0 Å². The summed E-state index contributed by atoms with van der Waals surface area (Å²) in [4.78, 5) is 7.30. The van der Waals surface area contributed by atoms with Crippen LogP contribution >= 0.6 is 0 Å². The van der Waals surface area contributed by atoms with Gasteiger partial charge in [-0.05, 0) is 17.8 Å². The van der Waals surface area contributed by atoms with E-state index in [0.717, 1.165) is 31.2 Å². The highest BCUT2D eigenvalue weighted by atomic mass is 16.5. The van der Waals surface area contributed by atoms with E-state index >= 15 is 0 Å². The fourth-order valence-corrected chi connectivity index (χ4v) is 1.25. The number of fused-ring (bicyclic) bond motifs is 1. The van der Waals surface area contributed by atoms with Gasteiger partial charge in [0.05, 0.1) is 18.4 Å². The molecule has 0 saturated carbocycles. The number of aromatic nitrogens is 2. The van der Waals surface area contributed by atoms with Crippen LogP contribution in [0.4, 0.5) is 0 Å². The molecule has 0 fully saturated rings. The van der Waals surface area contributed by atoms with E-state index in [-0.39, 0.29) is 0 Å². The van der Waals surface area contributed by atoms with Gasteiger partial charge in [-0.15, -0.1) is 0 Å². The van der Waals surface area contributed by atoms with Gasteiger partial charge in [-0.25, -0.2) is 4.98 Å². The highest BCUT2D eigenvalue weighted by Crippen LogP contribution is 2.19. The van der Waals surface area contributed by atoms with Gasteiger partial charge >= 0.3 is 5.88 Å². The zero-order valence-electron chi connectivity index (χ0n) is 6.55. The maximum atomic E-state index is 5.37. The summed E-state index contributed by atoms with van der Waals surface area (Å²) in [5.41, 5.74) is 1.20. The predicted octanol–water partition coefficient (Wildman–Crippen LogP) is 0.529. The number of ether oxygens (including phenoxy) is 1. The third kappa shape index (κ3) is 1.18. The lowest BCUT2D eigenvalue weighted by Crippen LogP contribution is -2.17. The number of aryl methyl sites for hydroxylation is 2. The van der Waals surface area contributed by atoms with Gasteiger partial charge in [-0.3, -0.25) is 0 Å². The number of nitrogens with one attached hydrogen (secondary N) is 1. The first-order valence-electron chi connectivity index (χ1n) is 3.87. The van der Waals surface area contributed by atoms with Crippen LogP contribution in [0.15, 0.2) is 6.20 Å². The Morgan fingerprint density at radius 1 is 1.64 bits per heavy atom. The zero-order valence-corrected chi connectivity index (χ0v) is 6.55. The molecule has 1 N–H and O–H groups in total. The first kappa shape index (κ1) is 6.58. The summed E-state index contributed by atoms with van der Waals surface area (Å²) < 4.78 is 5.37. The molecule has 0 bridgehead atoms. The van der Waals surface area contributed by atoms with Crippen molar-refractivity contribution in [1.82, 2.24) is 4.98 Å². The van der Waals surface area contributed by atoms with Crippen LogP contribution in [0.2, 0.25) is 0 Å². The summed E-state index contributed by atoms with van der Waals surface area (Å²) >= 11 is 0. The SMILES string of the molecule is Cc1nc2c(c[nH+]1)CCCO2. The first-order chi connectivity index (χ1) is 5.36. The first-order valence-corrected chi connectivity index (χ1v) is 3.87. The van der Waals surface area contributed by atoms with Crippen LogP contribution in [0, 0.1) is 6.92 Å². The molecule has 0 aliphatic carbocycles. The number of hydrogen-bond acceptors (Lipinski definition) is 2. The molecule has 0 aromatic carbocycles. The minimum Gasteiger partial charge on any atom is -0.459 e. The van der Waals surface area contributed by atoms with Crippen molar-refractivity contribution < 1.29 is 9.72 Å². The van der Waals surface area contributed by atoms with E-state index in [0.29, 0.717) is 0 Å². The highest BCUT2D eigenvalue weighted by Gasteiger charge is 2.17. The predicted molar refractivity (Wildman–Crippen MR) is 39.3 cm³/mol. The molecule has 3 nitrogen and oxygen atoms in total. The molecular weight excluding hydrogens is 140 g/mol. The smallest absolute Gasteiger partial charge is 0.334 e. The summed E-state index contributed by atoms with van der Waals surface area (Å²) in [5.74, 6) is 1.72. The van der Waals surface area contributed by atoms with Gasteiger partial charge in [0.25, 0.3) is 5.82 Å². The average molecular weight is 151 g/mol. The number of aromatic amines is 1. The van der Waals surface area contributed by atoms with E-state index in [1.165, 1.54) is 5.56 Å². The second-order valence-electron chi connectivity index (χ2n) is 2.77. The molecule has 58 valence electrons. The summed E-state index contributed by atoms with van der Waals surface area (Å²) in [5, 5.41) is 0. The van der Waals surface area contributed by atoms with E-state index < -0.39 is 0 Å². The normalized spacial score (nSPS) is 15.4. The monoisotopic (exact) mass is 151 g/mol. The van der Waals surface area contributed by atoms with Crippen molar-refractivity contribution in [2.45, 2.75) is 19.8 Å². The second kappa shape index (κ2) is 2.49. The molecule has 11 heavy (non-hydrogen) atoms. The lowest BCUT2D eigenvalue weighted by atomic mass is 10.1. The molecule has 3 heteroatoms. The van der Waals surface area contributed by atoms with E-state index in [1.807, 2.05) is 13.1 Å². The standard InChI is InChI=1S/C8H10N2O/c1-6-9-5-7-3-2-4-11-8(7)10-6/h5H,2-4H2,1H3/p+1. The third-order valence-corrected chi connectivity index (χ3v) is 1.83. The maximum absolute atomic E-state index is 5.37. The Bertz CT molecular complexity index is 273. The van der Waals surface area contributed by atoms with E-state index in [2.05, 4.69) is 9.97 Å². The number of rotatable bonds is 0. The van der Waals surface area contributed by atoms with Gasteiger partial charge in [0.15, 0.2) is 0 Å². The summed E-state index contributed by atoms with van der Waals surface area (Å²) in [7, 11) is 0. The summed E-state index contributed by atoms with van der Waals surface area (Å²) in [6.45, 7) is 2.74. The van der Waals surface area contributed by atoms with Crippen molar-refractivity contribution >= 4 is 0 Å². The molecular formula is C8H11N2O+. The Balaban J connectivity index is 2.43. The topological polar surface area (TPSA) is 36.3 Å². The number of hydrogen-bond donors (Lipinski definition) is 0.